The lowest BCUT2D eigenvalue weighted by molar-refractivity contribution is -0.125. The van der Waals surface area contributed by atoms with Crippen LogP contribution in [-0.4, -0.2) is 30.9 Å². The number of carbonyl (C=O) groups is 2. The van der Waals surface area contributed by atoms with E-state index in [-0.39, 0.29) is 36.3 Å². The largest absolute Gasteiger partial charge is 0.352 e. The number of halogens is 1. The molecule has 3 N–H and O–H groups in total. The third-order valence-electron chi connectivity index (χ3n) is 4.01. The quantitative estimate of drug-likeness (QED) is 0.769. The molecule has 0 bridgehead atoms. The van der Waals surface area contributed by atoms with Gasteiger partial charge in [0.15, 0.2) is 0 Å². The summed E-state index contributed by atoms with van der Waals surface area (Å²) in [5.74, 6) is -0.119. The molecule has 0 spiro atoms. The molecule has 2 aliphatic rings. The van der Waals surface area contributed by atoms with Gasteiger partial charge in [-0.3, -0.25) is 9.59 Å². The van der Waals surface area contributed by atoms with Crippen molar-refractivity contribution in [3.05, 3.63) is 35.4 Å². The predicted molar refractivity (Wildman–Crippen MR) is 82.3 cm³/mol. The van der Waals surface area contributed by atoms with Crippen LogP contribution in [0.25, 0.3) is 0 Å². The minimum absolute atomic E-state index is 0. The maximum atomic E-state index is 12.0. The number of amides is 2. The van der Waals surface area contributed by atoms with Gasteiger partial charge in [0.25, 0.3) is 0 Å². The summed E-state index contributed by atoms with van der Waals surface area (Å²) < 4.78 is 0. The van der Waals surface area contributed by atoms with Crippen molar-refractivity contribution < 1.29 is 9.59 Å². The highest BCUT2D eigenvalue weighted by Crippen LogP contribution is 2.21. The van der Waals surface area contributed by atoms with E-state index in [1.54, 1.807) is 0 Å². The molecule has 2 amide bonds. The first-order valence-corrected chi connectivity index (χ1v) is 7.12. The Labute approximate surface area is 130 Å². The molecule has 21 heavy (non-hydrogen) atoms. The zero-order valence-electron chi connectivity index (χ0n) is 11.7. The van der Waals surface area contributed by atoms with Crippen molar-refractivity contribution in [3.8, 4) is 0 Å². The van der Waals surface area contributed by atoms with Crippen molar-refractivity contribution in [2.45, 2.75) is 31.3 Å². The van der Waals surface area contributed by atoms with Crippen molar-refractivity contribution in [2.75, 3.05) is 13.1 Å². The number of carbonyl (C=O) groups excluding carboxylic acids is 2. The topological polar surface area (TPSA) is 70.2 Å². The van der Waals surface area contributed by atoms with Crippen LogP contribution >= 0.6 is 12.4 Å². The smallest absolute Gasteiger partial charge is 0.242 e. The Morgan fingerprint density at radius 1 is 1.29 bits per heavy atom. The van der Waals surface area contributed by atoms with Crippen LogP contribution in [0.4, 0.5) is 0 Å². The van der Waals surface area contributed by atoms with Gasteiger partial charge in [-0.05, 0) is 30.5 Å². The third-order valence-corrected chi connectivity index (χ3v) is 4.01. The maximum Gasteiger partial charge on any atom is 0.242 e. The molecule has 5 nitrogen and oxygen atoms in total. The molecule has 6 heteroatoms. The molecular formula is C15H20ClN3O2. The first-order valence-electron chi connectivity index (χ1n) is 7.12. The molecule has 0 saturated carbocycles. The van der Waals surface area contributed by atoms with Gasteiger partial charge in [0.1, 0.15) is 6.04 Å². The van der Waals surface area contributed by atoms with Crippen LogP contribution in [0.2, 0.25) is 0 Å². The highest BCUT2D eigenvalue weighted by atomic mass is 35.5. The maximum absolute atomic E-state index is 12.0. The number of hydrogen-bond donors (Lipinski definition) is 3. The lowest BCUT2D eigenvalue weighted by atomic mass is 9.94. The molecule has 3 rings (SSSR count). The monoisotopic (exact) mass is 309 g/mol. The summed E-state index contributed by atoms with van der Waals surface area (Å²) >= 11 is 0. The molecule has 1 saturated heterocycles. The normalized spacial score (nSPS) is 23.7. The van der Waals surface area contributed by atoms with E-state index in [0.717, 1.165) is 13.0 Å². The summed E-state index contributed by atoms with van der Waals surface area (Å²) in [5, 5.41) is 9.06. The van der Waals surface area contributed by atoms with Gasteiger partial charge in [-0.15, -0.1) is 12.4 Å². The molecule has 1 fully saturated rings. The van der Waals surface area contributed by atoms with Crippen molar-refractivity contribution in [3.63, 3.8) is 0 Å². The van der Waals surface area contributed by atoms with Gasteiger partial charge < -0.3 is 16.0 Å². The lowest BCUT2D eigenvalue weighted by Gasteiger charge is -2.27. The van der Waals surface area contributed by atoms with E-state index in [2.05, 4.69) is 28.1 Å². The molecule has 1 aromatic rings. The molecule has 2 unspecified atom stereocenters. The van der Waals surface area contributed by atoms with E-state index in [0.29, 0.717) is 19.4 Å². The molecule has 114 valence electrons. The molecule has 0 aromatic heterocycles. The zero-order chi connectivity index (χ0) is 13.9. The second-order valence-corrected chi connectivity index (χ2v) is 5.36. The molecule has 2 atom stereocenters. The molecule has 1 aromatic carbocycles. The molecule has 0 aliphatic carbocycles. The van der Waals surface area contributed by atoms with Crippen molar-refractivity contribution in [1.29, 1.82) is 0 Å². The SMILES string of the molecule is Cl.O=C1CCC(C(=O)NCC2NCCc3ccccc32)N1. The van der Waals surface area contributed by atoms with Gasteiger partial charge in [-0.1, -0.05) is 24.3 Å². The van der Waals surface area contributed by atoms with Crippen molar-refractivity contribution >= 4 is 24.2 Å². The first-order chi connectivity index (χ1) is 9.74. The molecular weight excluding hydrogens is 290 g/mol. The first kappa shape index (κ1) is 15.8. The van der Waals surface area contributed by atoms with Gasteiger partial charge >= 0.3 is 0 Å². The second-order valence-electron chi connectivity index (χ2n) is 5.36. The fraction of sp³-hybridized carbons (Fsp3) is 0.467. The van der Waals surface area contributed by atoms with Crippen molar-refractivity contribution in [1.82, 2.24) is 16.0 Å². The predicted octanol–water partition coefficient (Wildman–Crippen LogP) is 0.690. The summed E-state index contributed by atoms with van der Waals surface area (Å²) in [6, 6.07) is 8.12. The Bertz CT molecular complexity index is 535. The van der Waals surface area contributed by atoms with E-state index in [1.165, 1.54) is 11.1 Å². The van der Waals surface area contributed by atoms with Gasteiger partial charge in [-0.2, -0.15) is 0 Å². The van der Waals surface area contributed by atoms with Gasteiger partial charge in [0.05, 0.1) is 0 Å². The minimum atomic E-state index is -0.360. The number of nitrogens with one attached hydrogen (secondary N) is 3. The van der Waals surface area contributed by atoms with E-state index in [9.17, 15) is 9.59 Å². The van der Waals surface area contributed by atoms with Crippen LogP contribution in [0.1, 0.15) is 30.0 Å². The minimum Gasteiger partial charge on any atom is -0.352 e. The summed E-state index contributed by atoms with van der Waals surface area (Å²) in [5.41, 5.74) is 2.61. The molecule has 2 aliphatic heterocycles. The van der Waals surface area contributed by atoms with E-state index < -0.39 is 0 Å². The Kier molecular flexibility index (Phi) is 5.20. The average Bonchev–Trinajstić information content (AvgIpc) is 2.91. The summed E-state index contributed by atoms with van der Waals surface area (Å²) in [7, 11) is 0. The summed E-state index contributed by atoms with van der Waals surface area (Å²) in [4.78, 5) is 23.1. The highest BCUT2D eigenvalue weighted by Gasteiger charge is 2.28. The average molecular weight is 310 g/mol. The fourth-order valence-corrected chi connectivity index (χ4v) is 2.91. The Balaban J connectivity index is 0.00000161. The third kappa shape index (κ3) is 3.54. The number of fused-ring (bicyclic) bond motifs is 1. The van der Waals surface area contributed by atoms with Crippen molar-refractivity contribution in [2.24, 2.45) is 0 Å². The summed E-state index contributed by atoms with van der Waals surface area (Å²) in [6.07, 6.45) is 2.07. The van der Waals surface area contributed by atoms with E-state index >= 15 is 0 Å². The lowest BCUT2D eigenvalue weighted by Crippen LogP contribution is -2.45. The standard InChI is InChI=1S/C15H19N3O2.ClH/c19-14-6-5-12(18-14)15(20)17-9-13-11-4-2-1-3-10(11)7-8-16-13;/h1-4,12-13,16H,5-9H2,(H,17,20)(H,18,19);1H. The second kappa shape index (κ2) is 6.91. The molecule has 0 radical (unpaired) electrons. The fourth-order valence-electron chi connectivity index (χ4n) is 2.91. The van der Waals surface area contributed by atoms with Gasteiger partial charge in [-0.25, -0.2) is 0 Å². The number of hydrogen-bond acceptors (Lipinski definition) is 3. The van der Waals surface area contributed by atoms with Crippen LogP contribution in [-0.2, 0) is 16.0 Å². The zero-order valence-corrected chi connectivity index (χ0v) is 12.5. The van der Waals surface area contributed by atoms with Crippen LogP contribution < -0.4 is 16.0 Å². The highest BCUT2D eigenvalue weighted by molar-refractivity contribution is 5.90. The number of rotatable bonds is 3. The van der Waals surface area contributed by atoms with Crippen LogP contribution in [0.3, 0.4) is 0 Å². The Morgan fingerprint density at radius 2 is 2.10 bits per heavy atom. The van der Waals surface area contributed by atoms with Crippen LogP contribution in [0.15, 0.2) is 24.3 Å². The van der Waals surface area contributed by atoms with Gasteiger partial charge in [0.2, 0.25) is 11.8 Å². The van der Waals surface area contributed by atoms with Crippen LogP contribution in [0, 0.1) is 0 Å². The van der Waals surface area contributed by atoms with E-state index in [1.807, 2.05) is 12.1 Å². The van der Waals surface area contributed by atoms with E-state index in [4.69, 9.17) is 0 Å². The Hall–Kier alpha value is -1.59. The number of benzene rings is 1. The van der Waals surface area contributed by atoms with Crippen LogP contribution in [0.5, 0.6) is 0 Å². The Morgan fingerprint density at radius 3 is 2.86 bits per heavy atom. The summed E-state index contributed by atoms with van der Waals surface area (Å²) in [6.45, 7) is 1.49. The van der Waals surface area contributed by atoms with Gasteiger partial charge in [0, 0.05) is 19.0 Å². The molecule has 2 heterocycles.